The van der Waals surface area contributed by atoms with Crippen LogP contribution in [-0.2, 0) is 10.0 Å². The van der Waals surface area contributed by atoms with Crippen molar-refractivity contribution >= 4 is 32.7 Å². The van der Waals surface area contributed by atoms with Gasteiger partial charge in [0.1, 0.15) is 10.4 Å². The zero-order chi connectivity index (χ0) is 21.8. The summed E-state index contributed by atoms with van der Waals surface area (Å²) in [6.45, 7) is -0.0490. The second kappa shape index (κ2) is 8.60. The topological polar surface area (TPSA) is 153 Å². The number of amides is 1. The number of nitrogens with zero attached hydrogens (tertiary/aromatic N) is 3. The number of hydrogen-bond acceptors (Lipinski definition) is 8. The van der Waals surface area contributed by atoms with E-state index in [-0.39, 0.29) is 22.9 Å². The van der Waals surface area contributed by atoms with Gasteiger partial charge in [0, 0.05) is 36.2 Å². The highest BCUT2D eigenvalue weighted by Gasteiger charge is 2.21. The molecule has 158 valence electrons. The molecule has 4 N–H and O–H groups in total. The lowest BCUT2D eigenvalue weighted by Gasteiger charge is -2.14. The van der Waals surface area contributed by atoms with Gasteiger partial charge in [-0.25, -0.2) is 17.8 Å². The highest BCUT2D eigenvalue weighted by molar-refractivity contribution is 7.89. The standard InChI is InChI=1S/C20H18N6O4S/c21-16(12-23-31(28,29)18-3-1-2-17-19(18)26-30-25-17)13-4-6-14(7-5-13)20(27)24-15-8-10-22-11-9-15/h1-11,16,23H,12,21H2,(H,22,24,27). The van der Waals surface area contributed by atoms with Crippen LogP contribution in [0.3, 0.4) is 0 Å². The second-order valence-electron chi connectivity index (χ2n) is 6.66. The van der Waals surface area contributed by atoms with Crippen LogP contribution in [0.15, 0.2) is 76.5 Å². The van der Waals surface area contributed by atoms with E-state index in [0.717, 1.165) is 0 Å². The Bertz CT molecular complexity index is 1310. The molecule has 0 spiro atoms. The van der Waals surface area contributed by atoms with E-state index in [1.807, 2.05) is 0 Å². The summed E-state index contributed by atoms with van der Waals surface area (Å²) in [6, 6.07) is 13.9. The first-order valence-electron chi connectivity index (χ1n) is 9.22. The van der Waals surface area contributed by atoms with Gasteiger partial charge in [0.2, 0.25) is 10.0 Å². The summed E-state index contributed by atoms with van der Waals surface area (Å²) in [5.74, 6) is -0.277. The SMILES string of the molecule is NC(CNS(=O)(=O)c1cccc2nonc12)c1ccc(C(=O)Nc2ccncc2)cc1. The summed E-state index contributed by atoms with van der Waals surface area (Å²) >= 11 is 0. The van der Waals surface area contributed by atoms with E-state index < -0.39 is 16.1 Å². The molecular formula is C20H18N6O4S. The van der Waals surface area contributed by atoms with Gasteiger partial charge in [0.15, 0.2) is 5.52 Å². The average Bonchev–Trinajstić information content (AvgIpc) is 3.27. The molecule has 0 aliphatic heterocycles. The number of anilines is 1. The molecule has 0 fully saturated rings. The van der Waals surface area contributed by atoms with Gasteiger partial charge >= 0.3 is 0 Å². The fraction of sp³-hybridized carbons (Fsp3) is 0.100. The number of carbonyl (C=O) groups is 1. The number of pyridine rings is 1. The lowest BCUT2D eigenvalue weighted by molar-refractivity contribution is 0.102. The smallest absolute Gasteiger partial charge is 0.255 e. The lowest BCUT2D eigenvalue weighted by atomic mass is 10.1. The highest BCUT2D eigenvalue weighted by atomic mass is 32.2. The molecule has 0 radical (unpaired) electrons. The van der Waals surface area contributed by atoms with E-state index in [0.29, 0.717) is 22.3 Å². The minimum absolute atomic E-state index is 0.0402. The Morgan fingerprint density at radius 3 is 2.52 bits per heavy atom. The molecule has 0 aliphatic rings. The van der Waals surface area contributed by atoms with E-state index in [1.165, 1.54) is 6.07 Å². The van der Waals surface area contributed by atoms with Gasteiger partial charge in [-0.05, 0) is 52.3 Å². The molecule has 2 aromatic heterocycles. The summed E-state index contributed by atoms with van der Waals surface area (Å²) in [5, 5.41) is 10.1. The van der Waals surface area contributed by atoms with Crippen molar-refractivity contribution in [3.05, 3.63) is 78.1 Å². The fourth-order valence-corrected chi connectivity index (χ4v) is 4.12. The summed E-state index contributed by atoms with van der Waals surface area (Å²) in [5.41, 5.74) is 8.37. The number of nitrogens with one attached hydrogen (secondary N) is 2. The third-order valence-electron chi connectivity index (χ3n) is 4.57. The van der Waals surface area contributed by atoms with Crippen LogP contribution in [0.2, 0.25) is 0 Å². The first-order valence-corrected chi connectivity index (χ1v) is 10.7. The molecule has 1 atom stereocenters. The number of sulfonamides is 1. The Labute approximate surface area is 177 Å². The van der Waals surface area contributed by atoms with Crippen LogP contribution in [-0.4, -0.2) is 36.2 Å². The number of fused-ring (bicyclic) bond motifs is 1. The predicted molar refractivity (Wildman–Crippen MR) is 113 cm³/mol. The summed E-state index contributed by atoms with van der Waals surface area (Å²) < 4.78 is 32.4. The van der Waals surface area contributed by atoms with E-state index in [1.54, 1.807) is 60.9 Å². The van der Waals surface area contributed by atoms with Gasteiger partial charge in [-0.15, -0.1) is 0 Å². The largest absolute Gasteiger partial charge is 0.323 e. The van der Waals surface area contributed by atoms with Crippen molar-refractivity contribution in [2.45, 2.75) is 10.9 Å². The normalized spacial score (nSPS) is 12.5. The minimum Gasteiger partial charge on any atom is -0.323 e. The monoisotopic (exact) mass is 438 g/mol. The minimum atomic E-state index is -3.88. The number of aromatic nitrogens is 3. The van der Waals surface area contributed by atoms with Crippen LogP contribution in [0.5, 0.6) is 0 Å². The zero-order valence-corrected chi connectivity index (χ0v) is 16.9. The highest BCUT2D eigenvalue weighted by Crippen LogP contribution is 2.20. The van der Waals surface area contributed by atoms with Crippen molar-refractivity contribution in [3.8, 4) is 0 Å². The summed E-state index contributed by atoms with van der Waals surface area (Å²) in [4.78, 5) is 16.2. The van der Waals surface area contributed by atoms with Crippen LogP contribution < -0.4 is 15.8 Å². The lowest BCUT2D eigenvalue weighted by Crippen LogP contribution is -2.32. The Balaban J connectivity index is 1.41. The maximum absolute atomic E-state index is 12.7. The molecule has 2 heterocycles. The van der Waals surface area contributed by atoms with E-state index in [2.05, 4.69) is 30.0 Å². The molecule has 11 heteroatoms. The van der Waals surface area contributed by atoms with Crippen molar-refractivity contribution in [2.75, 3.05) is 11.9 Å². The average molecular weight is 438 g/mol. The predicted octanol–water partition coefficient (Wildman–Crippen LogP) is 1.85. The Morgan fingerprint density at radius 1 is 1.03 bits per heavy atom. The van der Waals surface area contributed by atoms with Crippen molar-refractivity contribution in [3.63, 3.8) is 0 Å². The molecule has 0 bridgehead atoms. The first kappa shape index (κ1) is 20.6. The summed E-state index contributed by atoms with van der Waals surface area (Å²) in [7, 11) is -3.88. The second-order valence-corrected chi connectivity index (χ2v) is 8.39. The molecule has 10 nitrogen and oxygen atoms in total. The molecule has 2 aromatic carbocycles. The molecule has 0 saturated carbocycles. The van der Waals surface area contributed by atoms with Crippen molar-refractivity contribution in [2.24, 2.45) is 5.73 Å². The van der Waals surface area contributed by atoms with Crippen LogP contribution in [0.25, 0.3) is 11.0 Å². The maximum atomic E-state index is 12.7. The van der Waals surface area contributed by atoms with E-state index in [9.17, 15) is 13.2 Å². The van der Waals surface area contributed by atoms with Gasteiger partial charge in [-0.1, -0.05) is 18.2 Å². The number of nitrogens with two attached hydrogens (primary N) is 1. The van der Waals surface area contributed by atoms with Gasteiger partial charge in [0.05, 0.1) is 0 Å². The number of benzene rings is 2. The molecular weight excluding hydrogens is 420 g/mol. The molecule has 0 saturated heterocycles. The molecule has 0 aliphatic carbocycles. The van der Waals surface area contributed by atoms with Crippen molar-refractivity contribution < 1.29 is 17.8 Å². The summed E-state index contributed by atoms with van der Waals surface area (Å²) in [6.07, 6.45) is 3.16. The Morgan fingerprint density at radius 2 is 1.77 bits per heavy atom. The van der Waals surface area contributed by atoms with Crippen molar-refractivity contribution in [1.29, 1.82) is 0 Å². The van der Waals surface area contributed by atoms with Crippen molar-refractivity contribution in [1.82, 2.24) is 20.0 Å². The third kappa shape index (κ3) is 4.58. The number of carbonyl (C=O) groups excluding carboxylic acids is 1. The van der Waals surface area contributed by atoms with Crippen LogP contribution in [0, 0.1) is 0 Å². The Hall–Kier alpha value is -3.67. The maximum Gasteiger partial charge on any atom is 0.255 e. The van der Waals surface area contributed by atoms with Crippen LogP contribution in [0.4, 0.5) is 5.69 Å². The first-order chi connectivity index (χ1) is 14.9. The fourth-order valence-electron chi connectivity index (χ4n) is 2.91. The molecule has 4 aromatic rings. The van der Waals surface area contributed by atoms with E-state index >= 15 is 0 Å². The zero-order valence-electron chi connectivity index (χ0n) is 16.1. The van der Waals surface area contributed by atoms with Crippen LogP contribution in [0.1, 0.15) is 22.0 Å². The quantitative estimate of drug-likeness (QED) is 0.395. The van der Waals surface area contributed by atoms with Crippen LogP contribution >= 0.6 is 0 Å². The molecule has 1 unspecified atom stereocenters. The third-order valence-corrected chi connectivity index (χ3v) is 6.03. The van der Waals surface area contributed by atoms with Gasteiger partial charge in [-0.3, -0.25) is 9.78 Å². The molecule has 31 heavy (non-hydrogen) atoms. The molecule has 1 amide bonds. The molecule has 4 rings (SSSR count). The van der Waals surface area contributed by atoms with E-state index in [4.69, 9.17) is 5.73 Å². The van der Waals surface area contributed by atoms with Gasteiger partial charge in [-0.2, -0.15) is 0 Å². The number of rotatable bonds is 7. The van der Waals surface area contributed by atoms with Gasteiger partial charge in [0.25, 0.3) is 5.91 Å². The number of hydrogen-bond donors (Lipinski definition) is 3. The van der Waals surface area contributed by atoms with Gasteiger partial charge < -0.3 is 11.1 Å². The Kier molecular flexibility index (Phi) is 5.71.